The van der Waals surface area contributed by atoms with Crippen molar-refractivity contribution < 1.29 is 27.2 Å². The molecule has 0 bridgehead atoms. The number of hydrogen-bond acceptors (Lipinski definition) is 12. The third kappa shape index (κ3) is 9.70. The molecule has 3 aromatic carbocycles. The van der Waals surface area contributed by atoms with Gasteiger partial charge in [0.25, 0.3) is 5.91 Å². The Hall–Kier alpha value is -5.49. The SMILES string of the molecule is Cc1cnc(Nc2ccc(N3CCC(N4CCN(Cc5cc(F)c6c(c5)CN(C5CCC(=O)NC5=O)C6=O)CC4)CC3)cc2)nc1Nc1cccc(S(=O)(=O)NC(C)(C)C)c1. The summed E-state index contributed by atoms with van der Waals surface area (Å²) in [5.41, 5.74) is 4.22. The zero-order valence-corrected chi connectivity index (χ0v) is 35.8. The van der Waals surface area contributed by atoms with Gasteiger partial charge in [-0.1, -0.05) is 12.1 Å². The number of hydrogen-bond donors (Lipinski definition) is 4. The first kappa shape index (κ1) is 42.2. The van der Waals surface area contributed by atoms with Gasteiger partial charge in [0.05, 0.1) is 10.5 Å². The zero-order valence-electron chi connectivity index (χ0n) is 35.0. The molecule has 3 amide bonds. The number of rotatable bonds is 11. The number of aryl methyl sites for hydroxylation is 1. The van der Waals surface area contributed by atoms with Gasteiger partial charge >= 0.3 is 0 Å². The second kappa shape index (κ2) is 17.1. The third-order valence-electron chi connectivity index (χ3n) is 11.7. The van der Waals surface area contributed by atoms with Gasteiger partial charge in [-0.05, 0) is 107 Å². The smallest absolute Gasteiger partial charge is 0.258 e. The van der Waals surface area contributed by atoms with Crippen LogP contribution in [0.4, 0.5) is 33.2 Å². The molecule has 1 unspecified atom stereocenters. The zero-order chi connectivity index (χ0) is 43.1. The van der Waals surface area contributed by atoms with Gasteiger partial charge in [-0.25, -0.2) is 22.5 Å². The Bertz CT molecular complexity index is 2430. The first-order valence-corrected chi connectivity index (χ1v) is 22.4. The van der Waals surface area contributed by atoms with Crippen LogP contribution in [0.25, 0.3) is 0 Å². The number of benzene rings is 3. The topological polar surface area (TPSA) is 172 Å². The van der Waals surface area contributed by atoms with Crippen LogP contribution in [-0.2, 0) is 32.7 Å². The Morgan fingerprint density at radius 2 is 1.62 bits per heavy atom. The highest BCUT2D eigenvalue weighted by molar-refractivity contribution is 7.89. The first-order valence-electron chi connectivity index (χ1n) is 20.9. The summed E-state index contributed by atoms with van der Waals surface area (Å²) < 4.78 is 43.8. The summed E-state index contributed by atoms with van der Waals surface area (Å²) in [6, 6.07) is 18.0. The number of sulfonamides is 1. The van der Waals surface area contributed by atoms with E-state index in [2.05, 4.69) is 57.5 Å². The van der Waals surface area contributed by atoms with Gasteiger partial charge < -0.3 is 20.4 Å². The van der Waals surface area contributed by atoms with Gasteiger partial charge in [0.2, 0.25) is 27.8 Å². The molecular weight excluding hydrogens is 800 g/mol. The average Bonchev–Trinajstić information content (AvgIpc) is 3.54. The van der Waals surface area contributed by atoms with Crippen molar-refractivity contribution in [1.29, 1.82) is 0 Å². The molecule has 0 aliphatic carbocycles. The maximum absolute atomic E-state index is 15.3. The quantitative estimate of drug-likeness (QED) is 0.149. The van der Waals surface area contributed by atoms with E-state index in [4.69, 9.17) is 0 Å². The van der Waals surface area contributed by atoms with Crippen molar-refractivity contribution >= 4 is 56.6 Å². The summed E-state index contributed by atoms with van der Waals surface area (Å²) in [6.07, 6.45) is 4.24. The molecule has 5 heterocycles. The predicted molar refractivity (Wildman–Crippen MR) is 231 cm³/mol. The number of aromatic nitrogens is 2. The summed E-state index contributed by atoms with van der Waals surface area (Å²) in [7, 11) is -3.70. The molecular formula is C44H53FN10O5S. The molecule has 4 aliphatic heterocycles. The summed E-state index contributed by atoms with van der Waals surface area (Å²) in [4.78, 5) is 55.2. The number of nitrogens with zero attached hydrogens (tertiary/aromatic N) is 6. The molecule has 0 radical (unpaired) electrons. The average molecular weight is 853 g/mol. The number of carbonyl (C=O) groups excluding carboxylic acids is 3. The van der Waals surface area contributed by atoms with E-state index in [9.17, 15) is 22.8 Å². The van der Waals surface area contributed by atoms with Crippen LogP contribution in [0.5, 0.6) is 0 Å². The molecule has 17 heteroatoms. The lowest BCUT2D eigenvalue weighted by molar-refractivity contribution is -0.136. The number of halogens is 1. The monoisotopic (exact) mass is 852 g/mol. The summed E-state index contributed by atoms with van der Waals surface area (Å²) in [5.74, 6) is -0.933. The number of anilines is 5. The molecule has 0 saturated carbocycles. The second-order valence-corrected chi connectivity index (χ2v) is 19.1. The minimum Gasteiger partial charge on any atom is -0.371 e. The van der Waals surface area contributed by atoms with E-state index in [0.29, 0.717) is 35.6 Å². The van der Waals surface area contributed by atoms with Crippen molar-refractivity contribution in [3.63, 3.8) is 0 Å². The van der Waals surface area contributed by atoms with Crippen molar-refractivity contribution in [2.24, 2.45) is 0 Å². The molecule has 8 rings (SSSR count). The van der Waals surface area contributed by atoms with E-state index >= 15 is 4.39 Å². The lowest BCUT2D eigenvalue weighted by atomic mass is 10.0. The molecule has 4 aromatic rings. The predicted octanol–water partition coefficient (Wildman–Crippen LogP) is 5.04. The number of fused-ring (bicyclic) bond motifs is 1. The molecule has 3 saturated heterocycles. The number of piperidine rings is 2. The van der Waals surface area contributed by atoms with Gasteiger partial charge in [-0.15, -0.1) is 0 Å². The largest absolute Gasteiger partial charge is 0.371 e. The minimum atomic E-state index is -3.70. The Kier molecular flexibility index (Phi) is 11.8. The van der Waals surface area contributed by atoms with Crippen LogP contribution in [0.1, 0.15) is 73.5 Å². The Morgan fingerprint density at radius 1 is 0.885 bits per heavy atom. The Balaban J connectivity index is 0.802. The van der Waals surface area contributed by atoms with E-state index in [1.54, 1.807) is 51.2 Å². The van der Waals surface area contributed by atoms with Crippen LogP contribution in [0.15, 0.2) is 71.8 Å². The fourth-order valence-corrected chi connectivity index (χ4v) is 10.2. The van der Waals surface area contributed by atoms with E-state index < -0.39 is 39.2 Å². The van der Waals surface area contributed by atoms with Gasteiger partial charge in [-0.3, -0.25) is 29.5 Å². The van der Waals surface area contributed by atoms with Crippen LogP contribution < -0.4 is 25.6 Å². The van der Waals surface area contributed by atoms with Crippen molar-refractivity contribution in [3.05, 3.63) is 94.9 Å². The van der Waals surface area contributed by atoms with E-state index in [1.807, 2.05) is 25.1 Å². The van der Waals surface area contributed by atoms with E-state index in [0.717, 1.165) is 74.6 Å². The summed E-state index contributed by atoms with van der Waals surface area (Å²) in [5, 5.41) is 8.84. The van der Waals surface area contributed by atoms with Crippen LogP contribution in [0.3, 0.4) is 0 Å². The molecule has 61 heavy (non-hydrogen) atoms. The lowest BCUT2D eigenvalue weighted by Crippen LogP contribution is -2.53. The minimum absolute atomic E-state index is 0.0316. The van der Waals surface area contributed by atoms with Gasteiger partial charge in [0, 0.05) is 99.2 Å². The molecule has 15 nitrogen and oxygen atoms in total. The van der Waals surface area contributed by atoms with Crippen LogP contribution >= 0.6 is 0 Å². The molecule has 3 fully saturated rings. The molecule has 4 aliphatic rings. The number of carbonyl (C=O) groups is 3. The van der Waals surface area contributed by atoms with Gasteiger partial charge in [0.1, 0.15) is 17.7 Å². The number of imide groups is 1. The summed E-state index contributed by atoms with van der Waals surface area (Å²) in [6.45, 7) is 13.5. The van der Waals surface area contributed by atoms with Crippen LogP contribution in [0, 0.1) is 12.7 Å². The van der Waals surface area contributed by atoms with Crippen molar-refractivity contribution in [2.45, 2.75) is 89.0 Å². The Morgan fingerprint density at radius 3 is 2.33 bits per heavy atom. The fourth-order valence-electron chi connectivity index (χ4n) is 8.70. The van der Waals surface area contributed by atoms with Gasteiger partial charge in [-0.2, -0.15) is 4.98 Å². The molecule has 0 spiro atoms. The Labute approximate surface area is 356 Å². The maximum atomic E-state index is 15.3. The van der Waals surface area contributed by atoms with Crippen LogP contribution in [0.2, 0.25) is 0 Å². The van der Waals surface area contributed by atoms with Crippen molar-refractivity contribution in [3.8, 4) is 0 Å². The van der Waals surface area contributed by atoms with Gasteiger partial charge in [0.15, 0.2) is 0 Å². The van der Waals surface area contributed by atoms with E-state index in [1.165, 1.54) is 11.0 Å². The lowest BCUT2D eigenvalue weighted by Gasteiger charge is -2.43. The second-order valence-electron chi connectivity index (χ2n) is 17.4. The number of nitrogens with one attached hydrogen (secondary N) is 4. The number of piperazine rings is 1. The third-order valence-corrected chi connectivity index (χ3v) is 13.5. The summed E-state index contributed by atoms with van der Waals surface area (Å²) >= 11 is 0. The highest BCUT2D eigenvalue weighted by Crippen LogP contribution is 2.32. The van der Waals surface area contributed by atoms with Crippen molar-refractivity contribution in [1.82, 2.24) is 34.7 Å². The standard InChI is InChI=1S/C44H53FN10O5S/c1-28-25-46-43(50-40(28)47-32-6-5-7-35(24-32)61(59,60)51-44(2,3)4)48-31-8-10-33(11-9-31)53-16-14-34(15-17-53)54-20-18-52(19-21-54)26-29-22-30-27-55(42(58)39(30)36(45)23-29)37-12-13-38(56)49-41(37)57/h5-11,22-25,34,37,51H,12-21,26-27H2,1-4H3,(H,49,56,57)(H2,46,47,48,50). The van der Waals surface area contributed by atoms with Crippen LogP contribution in [-0.4, -0.2) is 108 Å². The first-order chi connectivity index (χ1) is 29.1. The van der Waals surface area contributed by atoms with Crippen molar-refractivity contribution in [2.75, 3.05) is 54.8 Å². The highest BCUT2D eigenvalue weighted by Gasteiger charge is 2.41. The normalized spacial score (nSPS) is 19.6. The molecule has 1 aromatic heterocycles. The molecule has 1 atom stereocenters. The highest BCUT2D eigenvalue weighted by atomic mass is 32.2. The number of amides is 3. The maximum Gasteiger partial charge on any atom is 0.258 e. The fraction of sp³-hybridized carbons (Fsp3) is 0.432. The van der Waals surface area contributed by atoms with E-state index in [-0.39, 0.29) is 35.8 Å². The molecule has 4 N–H and O–H groups in total. The molecule has 322 valence electrons.